The van der Waals surface area contributed by atoms with Crippen molar-refractivity contribution in [3.05, 3.63) is 35.4 Å². The minimum absolute atomic E-state index is 0.0212. The molecule has 2 atom stereocenters. The average molecular weight is 288 g/mol. The summed E-state index contributed by atoms with van der Waals surface area (Å²) in [4.78, 5) is 26.1. The Labute approximate surface area is 126 Å². The van der Waals surface area contributed by atoms with E-state index in [-0.39, 0.29) is 17.7 Å². The van der Waals surface area contributed by atoms with Gasteiger partial charge in [0.1, 0.15) is 0 Å². The van der Waals surface area contributed by atoms with Crippen LogP contribution in [0.15, 0.2) is 24.3 Å². The fraction of sp³-hybridized carbons (Fsp3) is 0.529. The van der Waals surface area contributed by atoms with Gasteiger partial charge in [-0.1, -0.05) is 26.0 Å². The lowest BCUT2D eigenvalue weighted by molar-refractivity contribution is 0.0573. The Hall–Kier alpha value is -1.68. The number of nitrogens with zero attached hydrogens (tertiary/aromatic N) is 1. The smallest absolute Gasteiger partial charge is 0.254 e. The van der Waals surface area contributed by atoms with E-state index in [1.165, 1.54) is 0 Å². The molecular weight excluding hydrogens is 264 g/mol. The van der Waals surface area contributed by atoms with E-state index >= 15 is 0 Å². The third-order valence-corrected chi connectivity index (χ3v) is 4.29. The van der Waals surface area contributed by atoms with Crippen LogP contribution in [0.4, 0.5) is 0 Å². The molecule has 0 aromatic heterocycles. The first-order valence-electron chi connectivity index (χ1n) is 7.71. The van der Waals surface area contributed by atoms with Crippen molar-refractivity contribution < 1.29 is 9.59 Å². The number of nitrogens with two attached hydrogens (primary N) is 1. The van der Waals surface area contributed by atoms with E-state index in [0.29, 0.717) is 30.0 Å². The van der Waals surface area contributed by atoms with Crippen molar-refractivity contribution >= 4 is 11.7 Å². The second-order valence-electron chi connectivity index (χ2n) is 5.87. The Morgan fingerprint density at radius 2 is 1.86 bits per heavy atom. The average Bonchev–Trinajstić information content (AvgIpc) is 2.53. The summed E-state index contributed by atoms with van der Waals surface area (Å²) in [6.45, 7) is 5.30. The number of rotatable bonds is 4. The quantitative estimate of drug-likeness (QED) is 0.866. The maximum absolute atomic E-state index is 12.6. The number of Topliss-reactive ketones (excluding diaryl/α,β-unsaturated/α-hetero) is 1. The largest absolute Gasteiger partial charge is 0.334 e. The lowest BCUT2D eigenvalue weighted by atomic mass is 9.91. The topological polar surface area (TPSA) is 63.4 Å². The Kier molecular flexibility index (Phi) is 5.12. The molecule has 1 saturated heterocycles. The number of ketones is 1. The van der Waals surface area contributed by atoms with E-state index in [2.05, 4.69) is 6.92 Å². The molecule has 0 bridgehead atoms. The normalized spacial score (nSPS) is 22.1. The minimum Gasteiger partial charge on any atom is -0.334 e. The van der Waals surface area contributed by atoms with Crippen molar-refractivity contribution in [3.63, 3.8) is 0 Å². The molecule has 4 nitrogen and oxygen atoms in total. The summed E-state index contributed by atoms with van der Waals surface area (Å²) in [6.07, 6.45) is 2.47. The molecule has 114 valence electrons. The molecule has 2 unspecified atom stereocenters. The maximum Gasteiger partial charge on any atom is 0.254 e. The van der Waals surface area contributed by atoms with Gasteiger partial charge in [-0.05, 0) is 30.9 Å². The molecule has 0 saturated carbocycles. The predicted molar refractivity (Wildman–Crippen MR) is 83.3 cm³/mol. The van der Waals surface area contributed by atoms with Gasteiger partial charge in [-0.3, -0.25) is 9.59 Å². The molecule has 4 heteroatoms. The molecule has 21 heavy (non-hydrogen) atoms. The zero-order valence-corrected chi connectivity index (χ0v) is 12.8. The number of carbonyl (C=O) groups is 2. The van der Waals surface area contributed by atoms with Crippen LogP contribution in [0.3, 0.4) is 0 Å². The van der Waals surface area contributed by atoms with Gasteiger partial charge in [0.2, 0.25) is 0 Å². The van der Waals surface area contributed by atoms with Crippen molar-refractivity contribution in [2.24, 2.45) is 11.7 Å². The summed E-state index contributed by atoms with van der Waals surface area (Å²) in [6, 6.07) is 7.10. The highest BCUT2D eigenvalue weighted by Gasteiger charge is 2.29. The molecular formula is C17H24N2O2. The Balaban J connectivity index is 2.13. The summed E-state index contributed by atoms with van der Waals surface area (Å²) < 4.78 is 0. The Morgan fingerprint density at radius 1 is 1.24 bits per heavy atom. The van der Waals surface area contributed by atoms with Crippen LogP contribution >= 0.6 is 0 Å². The lowest BCUT2D eigenvalue weighted by Crippen LogP contribution is -2.49. The first kappa shape index (κ1) is 15.7. The highest BCUT2D eigenvalue weighted by molar-refractivity contribution is 5.98. The maximum atomic E-state index is 12.6. The molecule has 1 aliphatic rings. The summed E-state index contributed by atoms with van der Waals surface area (Å²) in [5.41, 5.74) is 7.11. The second kappa shape index (κ2) is 6.85. The molecule has 2 rings (SSSR count). The van der Waals surface area contributed by atoms with Gasteiger partial charge in [0.15, 0.2) is 5.78 Å². The van der Waals surface area contributed by atoms with Crippen LogP contribution in [-0.2, 0) is 0 Å². The first-order valence-corrected chi connectivity index (χ1v) is 7.71. The van der Waals surface area contributed by atoms with Gasteiger partial charge in [0.05, 0.1) is 0 Å². The van der Waals surface area contributed by atoms with Crippen molar-refractivity contribution in [1.82, 2.24) is 4.90 Å². The van der Waals surface area contributed by atoms with Gasteiger partial charge in [-0.25, -0.2) is 0 Å². The van der Waals surface area contributed by atoms with Gasteiger partial charge < -0.3 is 10.6 Å². The van der Waals surface area contributed by atoms with E-state index < -0.39 is 0 Å². The number of hydrogen-bond acceptors (Lipinski definition) is 3. The van der Waals surface area contributed by atoms with Crippen LogP contribution in [0.25, 0.3) is 0 Å². The van der Waals surface area contributed by atoms with Crippen LogP contribution in [-0.4, -0.2) is 35.7 Å². The molecule has 0 aliphatic carbocycles. The summed E-state index contributed by atoms with van der Waals surface area (Å²) in [5, 5.41) is 0. The molecule has 1 amide bonds. The van der Waals surface area contributed by atoms with Gasteiger partial charge >= 0.3 is 0 Å². The van der Waals surface area contributed by atoms with Crippen LogP contribution in [0.5, 0.6) is 0 Å². The van der Waals surface area contributed by atoms with Gasteiger partial charge in [0.25, 0.3) is 5.91 Å². The van der Waals surface area contributed by atoms with Gasteiger partial charge in [-0.2, -0.15) is 0 Å². The molecule has 1 aromatic carbocycles. The number of carbonyl (C=O) groups excluding carboxylic acids is 2. The van der Waals surface area contributed by atoms with Crippen LogP contribution < -0.4 is 5.73 Å². The minimum atomic E-state index is 0.0212. The summed E-state index contributed by atoms with van der Waals surface area (Å²) in [5.74, 6) is 0.737. The van der Waals surface area contributed by atoms with E-state index in [9.17, 15) is 9.59 Å². The molecule has 2 N–H and O–H groups in total. The SMILES string of the molecule is CCC(=O)c1ccc(C(=O)N2CCC(C)CC2CN)cc1. The number of amides is 1. The fourth-order valence-corrected chi connectivity index (χ4v) is 2.91. The third-order valence-electron chi connectivity index (χ3n) is 4.29. The van der Waals surface area contributed by atoms with Gasteiger partial charge in [-0.15, -0.1) is 0 Å². The predicted octanol–water partition coefficient (Wildman–Crippen LogP) is 2.48. The van der Waals surface area contributed by atoms with E-state index in [0.717, 1.165) is 19.4 Å². The fourth-order valence-electron chi connectivity index (χ4n) is 2.91. The molecule has 0 radical (unpaired) electrons. The number of benzene rings is 1. The lowest BCUT2D eigenvalue weighted by Gasteiger charge is -2.38. The van der Waals surface area contributed by atoms with Crippen molar-refractivity contribution in [3.8, 4) is 0 Å². The molecule has 0 spiro atoms. The zero-order valence-electron chi connectivity index (χ0n) is 12.8. The number of hydrogen-bond donors (Lipinski definition) is 1. The number of piperidine rings is 1. The standard InChI is InChI=1S/C17H24N2O2/c1-3-16(20)13-4-6-14(7-5-13)17(21)19-9-8-12(2)10-15(19)11-18/h4-7,12,15H,3,8-11,18H2,1-2H3. The van der Waals surface area contributed by atoms with Crippen LogP contribution in [0.2, 0.25) is 0 Å². The highest BCUT2D eigenvalue weighted by atomic mass is 16.2. The van der Waals surface area contributed by atoms with Gasteiger partial charge in [0, 0.05) is 36.7 Å². The third kappa shape index (κ3) is 3.50. The van der Waals surface area contributed by atoms with E-state index in [4.69, 9.17) is 5.73 Å². The Bertz CT molecular complexity index is 510. The molecule has 1 heterocycles. The van der Waals surface area contributed by atoms with E-state index in [1.54, 1.807) is 24.3 Å². The highest BCUT2D eigenvalue weighted by Crippen LogP contribution is 2.23. The summed E-state index contributed by atoms with van der Waals surface area (Å²) >= 11 is 0. The van der Waals surface area contributed by atoms with Crippen molar-refractivity contribution in [2.75, 3.05) is 13.1 Å². The molecule has 1 fully saturated rings. The van der Waals surface area contributed by atoms with Crippen molar-refractivity contribution in [2.45, 2.75) is 39.2 Å². The van der Waals surface area contributed by atoms with Crippen LogP contribution in [0.1, 0.15) is 53.8 Å². The monoisotopic (exact) mass is 288 g/mol. The first-order chi connectivity index (χ1) is 10.1. The number of likely N-dealkylation sites (tertiary alicyclic amines) is 1. The zero-order chi connectivity index (χ0) is 15.4. The van der Waals surface area contributed by atoms with Crippen molar-refractivity contribution in [1.29, 1.82) is 0 Å². The molecule has 1 aliphatic heterocycles. The Morgan fingerprint density at radius 3 is 2.43 bits per heavy atom. The molecule has 1 aromatic rings. The second-order valence-corrected chi connectivity index (χ2v) is 5.87. The summed E-state index contributed by atoms with van der Waals surface area (Å²) in [7, 11) is 0. The van der Waals surface area contributed by atoms with E-state index in [1.807, 2.05) is 11.8 Å². The van der Waals surface area contributed by atoms with Crippen LogP contribution in [0, 0.1) is 5.92 Å².